The zero-order valence-corrected chi connectivity index (χ0v) is 22.8. The first-order valence-electron chi connectivity index (χ1n) is 12.5. The molecule has 0 spiro atoms. The van der Waals surface area contributed by atoms with Crippen LogP contribution < -0.4 is 29.5 Å². The first-order chi connectivity index (χ1) is 19.5. The van der Waals surface area contributed by atoms with Gasteiger partial charge in [0, 0.05) is 17.5 Å². The molecule has 5 rings (SSSR count). The second-order valence-corrected chi connectivity index (χ2v) is 9.62. The molecule has 40 heavy (non-hydrogen) atoms. The first kappa shape index (κ1) is 26.8. The van der Waals surface area contributed by atoms with Gasteiger partial charge >= 0.3 is 0 Å². The summed E-state index contributed by atoms with van der Waals surface area (Å²) in [6, 6.07) is 16.1. The summed E-state index contributed by atoms with van der Waals surface area (Å²) in [6.45, 7) is 1.50. The number of carbonyl (C=O) groups excluding carboxylic acids is 1. The molecule has 10 nitrogen and oxygen atoms in total. The fraction of sp³-hybridized carbons (Fsp3) is 0.207. The van der Waals surface area contributed by atoms with Crippen LogP contribution in [0.4, 0.5) is 0 Å². The number of aromatic hydroxyl groups is 1. The summed E-state index contributed by atoms with van der Waals surface area (Å²) in [4.78, 5) is 17.3. The van der Waals surface area contributed by atoms with Crippen molar-refractivity contribution in [1.82, 2.24) is 4.68 Å². The number of carbonyl (C=O) groups is 1. The van der Waals surface area contributed by atoms with E-state index >= 15 is 0 Å². The summed E-state index contributed by atoms with van der Waals surface area (Å²) >= 11 is 1.41. The van der Waals surface area contributed by atoms with E-state index in [4.69, 9.17) is 34.8 Å². The number of aromatic nitrogens is 1. The van der Waals surface area contributed by atoms with Crippen molar-refractivity contribution in [3.8, 4) is 40.0 Å². The zero-order valence-electron chi connectivity index (χ0n) is 22.0. The van der Waals surface area contributed by atoms with Crippen LogP contribution in [0.1, 0.15) is 21.5 Å². The van der Waals surface area contributed by atoms with Crippen LogP contribution in [0.3, 0.4) is 0 Å². The SMILES string of the molecule is COc1ccc(CCN=c2scc(-c3ccc(O)c(C(N)=O)c3)n2/N=C\c2ccc3c(c2)OCCO3)cc1OC. The zero-order chi connectivity index (χ0) is 28.1. The lowest BCUT2D eigenvalue weighted by Crippen LogP contribution is -2.15. The number of thiazole rings is 1. The minimum absolute atomic E-state index is 0.0259. The maximum absolute atomic E-state index is 11.9. The Kier molecular flexibility index (Phi) is 8.02. The number of primary amides is 1. The van der Waals surface area contributed by atoms with E-state index in [1.807, 2.05) is 41.8 Å². The van der Waals surface area contributed by atoms with E-state index in [1.165, 1.54) is 17.4 Å². The van der Waals surface area contributed by atoms with Crippen molar-refractivity contribution in [3.63, 3.8) is 0 Å². The molecule has 0 unspecified atom stereocenters. The van der Waals surface area contributed by atoms with Crippen molar-refractivity contribution in [2.45, 2.75) is 6.42 Å². The lowest BCUT2D eigenvalue weighted by Gasteiger charge is -2.18. The molecule has 1 amide bonds. The molecule has 1 aliphatic heterocycles. The molecule has 0 fully saturated rings. The number of rotatable bonds is 9. The Hall–Kier alpha value is -4.77. The second kappa shape index (κ2) is 12.0. The minimum Gasteiger partial charge on any atom is -0.507 e. The predicted octanol–water partition coefficient (Wildman–Crippen LogP) is 3.84. The van der Waals surface area contributed by atoms with Crippen LogP contribution in [-0.4, -0.2) is 55.9 Å². The Morgan fingerprint density at radius 1 is 1.05 bits per heavy atom. The number of hydrogen-bond donors (Lipinski definition) is 2. The number of nitrogens with two attached hydrogens (primary N) is 1. The molecule has 0 atom stereocenters. The third-order valence-corrected chi connectivity index (χ3v) is 7.08. The Bertz CT molecular complexity index is 1640. The Labute approximate surface area is 234 Å². The van der Waals surface area contributed by atoms with Crippen molar-refractivity contribution in [1.29, 1.82) is 0 Å². The molecule has 0 saturated heterocycles. The average molecular weight is 561 g/mol. The molecular weight excluding hydrogens is 532 g/mol. The van der Waals surface area contributed by atoms with Crippen LogP contribution in [0, 0.1) is 0 Å². The van der Waals surface area contributed by atoms with E-state index in [9.17, 15) is 9.90 Å². The third-order valence-electron chi connectivity index (χ3n) is 6.23. The number of hydrogen-bond acceptors (Lipinski definition) is 9. The van der Waals surface area contributed by atoms with Crippen LogP contribution in [0.5, 0.6) is 28.7 Å². The van der Waals surface area contributed by atoms with Gasteiger partial charge in [0.1, 0.15) is 19.0 Å². The summed E-state index contributed by atoms with van der Waals surface area (Å²) in [6.07, 6.45) is 2.38. The standard InChI is InChI=1S/C29H28N4O6S/c1-36-24-7-3-18(13-26(24)37-2)9-10-31-29-33(32-16-19-4-8-25-27(14-19)39-12-11-38-25)22(17-40-29)20-5-6-23(34)21(15-20)28(30)35/h3-8,13-17,34H,9-12H2,1-2H3,(H2,30,35)/b31-29?,32-16-. The van der Waals surface area contributed by atoms with E-state index in [0.717, 1.165) is 11.1 Å². The molecule has 3 N–H and O–H groups in total. The summed E-state index contributed by atoms with van der Waals surface area (Å²) in [5.41, 5.74) is 8.70. The van der Waals surface area contributed by atoms with Gasteiger partial charge < -0.3 is 29.8 Å². The summed E-state index contributed by atoms with van der Waals surface area (Å²) < 4.78 is 23.7. The highest BCUT2D eigenvalue weighted by Crippen LogP contribution is 2.31. The number of benzene rings is 3. The average Bonchev–Trinajstić information content (AvgIpc) is 3.38. The van der Waals surface area contributed by atoms with Crippen molar-refractivity contribution in [2.24, 2.45) is 15.8 Å². The van der Waals surface area contributed by atoms with E-state index in [0.29, 0.717) is 65.2 Å². The topological polar surface area (TPSA) is 130 Å². The minimum atomic E-state index is -0.722. The summed E-state index contributed by atoms with van der Waals surface area (Å²) in [5, 5.41) is 16.7. The fourth-order valence-corrected chi connectivity index (χ4v) is 5.06. The smallest absolute Gasteiger partial charge is 0.252 e. The molecule has 1 aromatic heterocycles. The Balaban J connectivity index is 1.49. The molecule has 1 aliphatic rings. The highest BCUT2D eigenvalue weighted by molar-refractivity contribution is 7.07. The summed E-state index contributed by atoms with van der Waals surface area (Å²) in [7, 11) is 3.21. The molecule has 0 saturated carbocycles. The molecular formula is C29H28N4O6S. The van der Waals surface area contributed by atoms with Crippen LogP contribution in [-0.2, 0) is 6.42 Å². The van der Waals surface area contributed by atoms with Crippen LogP contribution in [0.15, 0.2) is 70.1 Å². The summed E-state index contributed by atoms with van der Waals surface area (Å²) in [5.74, 6) is 1.78. The van der Waals surface area contributed by atoms with E-state index < -0.39 is 5.91 Å². The van der Waals surface area contributed by atoms with Gasteiger partial charge in [0.25, 0.3) is 5.91 Å². The largest absolute Gasteiger partial charge is 0.507 e. The molecule has 0 aliphatic carbocycles. The number of methoxy groups -OCH3 is 2. The molecule has 4 aromatic rings. The van der Waals surface area contributed by atoms with Gasteiger partial charge in [0.15, 0.2) is 23.0 Å². The van der Waals surface area contributed by atoms with E-state index in [2.05, 4.69) is 0 Å². The van der Waals surface area contributed by atoms with Gasteiger partial charge in [-0.2, -0.15) is 5.10 Å². The van der Waals surface area contributed by atoms with Gasteiger partial charge in [0.05, 0.1) is 31.7 Å². The fourth-order valence-electron chi connectivity index (χ4n) is 4.19. The first-order valence-corrected chi connectivity index (χ1v) is 13.3. The van der Waals surface area contributed by atoms with Gasteiger partial charge in [-0.05, 0) is 66.1 Å². The molecule has 2 heterocycles. The third kappa shape index (κ3) is 5.79. The highest BCUT2D eigenvalue weighted by atomic mass is 32.1. The highest BCUT2D eigenvalue weighted by Gasteiger charge is 2.14. The molecule has 3 aromatic carbocycles. The van der Waals surface area contributed by atoms with Gasteiger partial charge in [-0.3, -0.25) is 9.79 Å². The normalized spacial score (nSPS) is 13.0. The lowest BCUT2D eigenvalue weighted by atomic mass is 10.1. The number of fused-ring (bicyclic) bond motifs is 1. The molecule has 0 radical (unpaired) electrons. The lowest BCUT2D eigenvalue weighted by molar-refractivity contribution is 0.0998. The maximum Gasteiger partial charge on any atom is 0.252 e. The number of nitrogens with zero attached hydrogens (tertiary/aromatic N) is 3. The van der Waals surface area contributed by atoms with Gasteiger partial charge in [-0.15, -0.1) is 11.3 Å². The van der Waals surface area contributed by atoms with Crippen LogP contribution >= 0.6 is 11.3 Å². The number of amides is 1. The molecule has 206 valence electrons. The Morgan fingerprint density at radius 3 is 2.62 bits per heavy atom. The van der Waals surface area contributed by atoms with E-state index in [-0.39, 0.29) is 11.3 Å². The van der Waals surface area contributed by atoms with Crippen molar-refractivity contribution < 1.29 is 28.8 Å². The van der Waals surface area contributed by atoms with E-state index in [1.54, 1.807) is 37.2 Å². The predicted molar refractivity (Wildman–Crippen MR) is 152 cm³/mol. The quantitative estimate of drug-likeness (QED) is 0.299. The number of phenols is 1. The monoisotopic (exact) mass is 560 g/mol. The van der Waals surface area contributed by atoms with Crippen molar-refractivity contribution >= 4 is 23.5 Å². The van der Waals surface area contributed by atoms with Gasteiger partial charge in [0.2, 0.25) is 4.80 Å². The van der Waals surface area contributed by atoms with Crippen molar-refractivity contribution in [2.75, 3.05) is 34.0 Å². The maximum atomic E-state index is 11.9. The number of ether oxygens (including phenoxy) is 4. The van der Waals surface area contributed by atoms with Gasteiger partial charge in [-0.1, -0.05) is 6.07 Å². The second-order valence-electron chi connectivity index (χ2n) is 8.78. The van der Waals surface area contributed by atoms with Crippen LogP contribution in [0.2, 0.25) is 0 Å². The molecule has 0 bridgehead atoms. The molecule has 11 heteroatoms. The van der Waals surface area contributed by atoms with Gasteiger partial charge in [-0.25, -0.2) is 4.68 Å². The van der Waals surface area contributed by atoms with Crippen LogP contribution in [0.25, 0.3) is 11.3 Å². The Morgan fingerprint density at radius 2 is 1.85 bits per heavy atom. The van der Waals surface area contributed by atoms with Crippen molar-refractivity contribution in [3.05, 3.63) is 81.5 Å².